The molecule has 2 aromatic rings. The molecule has 5 nitrogen and oxygen atoms in total. The Morgan fingerprint density at radius 2 is 2.04 bits per heavy atom. The van der Waals surface area contributed by atoms with Gasteiger partial charge in [-0.25, -0.2) is 4.79 Å². The highest BCUT2D eigenvalue weighted by atomic mass is 16.5. The van der Waals surface area contributed by atoms with Gasteiger partial charge in [0.05, 0.1) is 6.61 Å². The lowest BCUT2D eigenvalue weighted by molar-refractivity contribution is 0.152. The fourth-order valence-corrected chi connectivity index (χ4v) is 3.75. The summed E-state index contributed by atoms with van der Waals surface area (Å²) in [4.78, 5) is 16.9. The summed E-state index contributed by atoms with van der Waals surface area (Å²) in [5.41, 5.74) is 3.26. The van der Waals surface area contributed by atoms with Crippen LogP contribution in [0.25, 0.3) is 11.1 Å². The Balaban J connectivity index is 1.78. The molecule has 1 N–H and O–H groups in total. The van der Waals surface area contributed by atoms with Crippen LogP contribution in [-0.2, 0) is 0 Å². The Labute approximate surface area is 134 Å². The zero-order chi connectivity index (χ0) is 15.8. The quantitative estimate of drug-likeness (QED) is 0.878. The number of rotatable bonds is 1. The first kappa shape index (κ1) is 14.1. The lowest BCUT2D eigenvalue weighted by Gasteiger charge is -2.18. The first-order valence-electron chi connectivity index (χ1n) is 7.88. The third-order valence-corrected chi connectivity index (χ3v) is 4.88. The van der Waals surface area contributed by atoms with E-state index in [0.29, 0.717) is 25.6 Å². The van der Waals surface area contributed by atoms with E-state index in [1.165, 1.54) is 4.90 Å². The number of carboxylic acid groups (broad SMARTS) is 1. The SMILES string of the molecule is O=C(O)N1CC2CCOc3c(-c4ccncc4)cccc3C2C1. The number of carbonyl (C=O) groups is 1. The van der Waals surface area contributed by atoms with E-state index in [0.717, 1.165) is 28.9 Å². The number of hydrogen-bond donors (Lipinski definition) is 1. The second-order valence-corrected chi connectivity index (χ2v) is 6.15. The molecule has 4 rings (SSSR count). The fraction of sp³-hybridized carbons (Fsp3) is 0.333. The molecule has 0 spiro atoms. The number of amides is 1. The van der Waals surface area contributed by atoms with Crippen LogP contribution in [0.15, 0.2) is 42.7 Å². The zero-order valence-electron chi connectivity index (χ0n) is 12.7. The predicted molar refractivity (Wildman–Crippen MR) is 85.6 cm³/mol. The van der Waals surface area contributed by atoms with Crippen LogP contribution in [0.4, 0.5) is 4.79 Å². The molecule has 1 saturated heterocycles. The third-order valence-electron chi connectivity index (χ3n) is 4.88. The molecule has 1 amide bonds. The summed E-state index contributed by atoms with van der Waals surface area (Å²) >= 11 is 0. The molecule has 0 aliphatic carbocycles. The van der Waals surface area contributed by atoms with Crippen molar-refractivity contribution in [1.82, 2.24) is 9.88 Å². The molecule has 2 aliphatic rings. The van der Waals surface area contributed by atoms with Crippen molar-refractivity contribution in [2.24, 2.45) is 5.92 Å². The van der Waals surface area contributed by atoms with E-state index in [1.54, 1.807) is 12.4 Å². The molecular formula is C18H18N2O3. The van der Waals surface area contributed by atoms with Gasteiger partial charge in [0.2, 0.25) is 0 Å². The average Bonchev–Trinajstić information content (AvgIpc) is 2.92. The Morgan fingerprint density at radius 1 is 1.22 bits per heavy atom. The van der Waals surface area contributed by atoms with Gasteiger partial charge in [0, 0.05) is 37.0 Å². The van der Waals surface area contributed by atoms with Gasteiger partial charge in [-0.05, 0) is 35.6 Å². The second-order valence-electron chi connectivity index (χ2n) is 6.15. The highest BCUT2D eigenvalue weighted by Gasteiger charge is 2.39. The predicted octanol–water partition coefficient (Wildman–Crippen LogP) is 3.22. The molecule has 3 heterocycles. The van der Waals surface area contributed by atoms with E-state index in [-0.39, 0.29) is 5.92 Å². The van der Waals surface area contributed by atoms with Crippen molar-refractivity contribution in [3.8, 4) is 16.9 Å². The van der Waals surface area contributed by atoms with Crippen LogP contribution in [-0.4, -0.2) is 40.8 Å². The molecule has 2 aliphatic heterocycles. The fourth-order valence-electron chi connectivity index (χ4n) is 3.75. The Hall–Kier alpha value is -2.56. The van der Waals surface area contributed by atoms with E-state index >= 15 is 0 Å². The van der Waals surface area contributed by atoms with Crippen LogP contribution < -0.4 is 4.74 Å². The van der Waals surface area contributed by atoms with Crippen molar-refractivity contribution in [1.29, 1.82) is 0 Å². The molecule has 2 unspecified atom stereocenters. The standard InChI is InChI=1S/C18H18N2O3/c21-18(22)20-10-13-6-9-23-17-14(12-4-7-19-8-5-12)2-1-3-15(17)16(13)11-20/h1-5,7-8,13,16H,6,9-11H2,(H,21,22). The smallest absolute Gasteiger partial charge is 0.407 e. The van der Waals surface area contributed by atoms with E-state index < -0.39 is 6.09 Å². The molecule has 23 heavy (non-hydrogen) atoms. The summed E-state index contributed by atoms with van der Waals surface area (Å²) < 4.78 is 6.08. The van der Waals surface area contributed by atoms with Gasteiger partial charge in [-0.1, -0.05) is 18.2 Å². The molecule has 0 bridgehead atoms. The van der Waals surface area contributed by atoms with Gasteiger partial charge in [-0.3, -0.25) is 4.98 Å². The number of nitrogens with zero attached hydrogens (tertiary/aromatic N) is 2. The first-order valence-corrected chi connectivity index (χ1v) is 7.88. The largest absolute Gasteiger partial charge is 0.493 e. The van der Waals surface area contributed by atoms with Crippen molar-refractivity contribution in [2.45, 2.75) is 12.3 Å². The van der Waals surface area contributed by atoms with E-state index in [2.05, 4.69) is 17.1 Å². The van der Waals surface area contributed by atoms with Gasteiger partial charge in [-0.15, -0.1) is 0 Å². The van der Waals surface area contributed by atoms with Gasteiger partial charge >= 0.3 is 6.09 Å². The highest BCUT2D eigenvalue weighted by molar-refractivity contribution is 5.73. The van der Waals surface area contributed by atoms with Gasteiger partial charge in [0.25, 0.3) is 0 Å². The number of likely N-dealkylation sites (tertiary alicyclic amines) is 1. The minimum Gasteiger partial charge on any atom is -0.493 e. The Bertz CT molecular complexity index is 732. The first-order chi connectivity index (χ1) is 11.2. The third kappa shape index (κ3) is 2.42. The maximum atomic E-state index is 11.3. The molecule has 1 fully saturated rings. The highest BCUT2D eigenvalue weighted by Crippen LogP contribution is 2.45. The van der Waals surface area contributed by atoms with Crippen molar-refractivity contribution in [2.75, 3.05) is 19.7 Å². The van der Waals surface area contributed by atoms with Crippen LogP contribution in [0, 0.1) is 5.92 Å². The summed E-state index contributed by atoms with van der Waals surface area (Å²) in [7, 11) is 0. The Kier molecular flexibility index (Phi) is 3.41. The second kappa shape index (κ2) is 5.57. The maximum absolute atomic E-state index is 11.3. The average molecular weight is 310 g/mol. The van der Waals surface area contributed by atoms with Crippen LogP contribution in [0.3, 0.4) is 0 Å². The topological polar surface area (TPSA) is 62.7 Å². The van der Waals surface area contributed by atoms with Crippen LogP contribution in [0.1, 0.15) is 17.9 Å². The maximum Gasteiger partial charge on any atom is 0.407 e. The van der Waals surface area contributed by atoms with Crippen molar-refractivity contribution in [3.63, 3.8) is 0 Å². The summed E-state index contributed by atoms with van der Waals surface area (Å²) in [5, 5.41) is 9.30. The number of hydrogen-bond acceptors (Lipinski definition) is 3. The summed E-state index contributed by atoms with van der Waals surface area (Å²) in [6.45, 7) is 1.78. The lowest BCUT2D eigenvalue weighted by atomic mass is 9.86. The number of ether oxygens (including phenoxy) is 1. The van der Waals surface area contributed by atoms with Gasteiger partial charge in [-0.2, -0.15) is 0 Å². The monoisotopic (exact) mass is 310 g/mol. The molecule has 0 saturated carbocycles. The molecule has 1 aromatic heterocycles. The molecule has 1 aromatic carbocycles. The van der Waals surface area contributed by atoms with Crippen molar-refractivity contribution in [3.05, 3.63) is 48.3 Å². The number of aromatic nitrogens is 1. The minimum absolute atomic E-state index is 0.213. The van der Waals surface area contributed by atoms with Crippen LogP contribution in [0.5, 0.6) is 5.75 Å². The van der Waals surface area contributed by atoms with Gasteiger partial charge in [0.15, 0.2) is 0 Å². The molecule has 5 heteroatoms. The molecule has 2 atom stereocenters. The molecule has 118 valence electrons. The van der Waals surface area contributed by atoms with Gasteiger partial charge < -0.3 is 14.7 Å². The van der Waals surface area contributed by atoms with E-state index in [1.807, 2.05) is 18.2 Å². The number of para-hydroxylation sites is 1. The van der Waals surface area contributed by atoms with Crippen molar-refractivity contribution < 1.29 is 14.6 Å². The minimum atomic E-state index is -0.828. The number of benzene rings is 1. The summed E-state index contributed by atoms with van der Waals surface area (Å²) in [6, 6.07) is 10.1. The number of pyridine rings is 1. The van der Waals surface area contributed by atoms with Crippen LogP contribution >= 0.6 is 0 Å². The summed E-state index contributed by atoms with van der Waals surface area (Å²) in [6.07, 6.45) is 3.61. The molecule has 0 radical (unpaired) electrons. The number of fused-ring (bicyclic) bond motifs is 3. The molecular weight excluding hydrogens is 292 g/mol. The summed E-state index contributed by atoms with van der Waals surface area (Å²) in [5.74, 6) is 1.45. The zero-order valence-corrected chi connectivity index (χ0v) is 12.7. The van der Waals surface area contributed by atoms with E-state index in [4.69, 9.17) is 4.74 Å². The Morgan fingerprint density at radius 3 is 2.83 bits per heavy atom. The van der Waals surface area contributed by atoms with Crippen LogP contribution in [0.2, 0.25) is 0 Å². The lowest BCUT2D eigenvalue weighted by Crippen LogP contribution is -2.27. The van der Waals surface area contributed by atoms with E-state index in [9.17, 15) is 9.90 Å². The van der Waals surface area contributed by atoms with Gasteiger partial charge in [0.1, 0.15) is 5.75 Å². The normalized spacial score (nSPS) is 22.7. The van der Waals surface area contributed by atoms with Crippen molar-refractivity contribution >= 4 is 6.09 Å².